The van der Waals surface area contributed by atoms with Crippen LogP contribution < -0.4 is 11.1 Å². The smallest absolute Gasteiger partial charge is 0.242 e. The topological polar surface area (TPSA) is 116 Å². The van der Waals surface area contributed by atoms with E-state index in [1.165, 1.54) is 0 Å². The van der Waals surface area contributed by atoms with E-state index in [1.54, 1.807) is 30.3 Å². The molecule has 0 saturated heterocycles. The number of aliphatic hydroxyl groups excluding tert-OH is 3. The van der Waals surface area contributed by atoms with Crippen LogP contribution in [-0.2, 0) is 4.79 Å². The maximum absolute atomic E-state index is 11.9. The Morgan fingerprint density at radius 2 is 1.67 bits per heavy atom. The van der Waals surface area contributed by atoms with Crippen molar-refractivity contribution in [2.45, 2.75) is 11.6 Å². The maximum atomic E-state index is 11.9. The Morgan fingerprint density at radius 3 is 2.11 bits per heavy atom. The van der Waals surface area contributed by atoms with Gasteiger partial charge < -0.3 is 26.4 Å². The fourth-order valence-corrected chi connectivity index (χ4v) is 1.42. The van der Waals surface area contributed by atoms with Crippen molar-refractivity contribution in [1.82, 2.24) is 5.32 Å². The molecule has 1 aromatic carbocycles. The van der Waals surface area contributed by atoms with E-state index in [4.69, 9.17) is 21.1 Å². The number of benzene rings is 1. The first-order chi connectivity index (χ1) is 8.58. The normalized spacial score (nSPS) is 13.1. The molecule has 0 aromatic heterocycles. The highest BCUT2D eigenvalue weighted by Crippen LogP contribution is 2.11. The van der Waals surface area contributed by atoms with E-state index in [0.29, 0.717) is 5.56 Å². The van der Waals surface area contributed by atoms with E-state index in [9.17, 15) is 4.79 Å². The minimum atomic E-state index is -1.45. The van der Waals surface area contributed by atoms with Crippen LogP contribution in [0.1, 0.15) is 11.6 Å². The Labute approximate surface area is 105 Å². The van der Waals surface area contributed by atoms with Gasteiger partial charge in [0.2, 0.25) is 5.91 Å². The van der Waals surface area contributed by atoms with Crippen molar-refractivity contribution in [1.29, 1.82) is 0 Å². The molecule has 0 aliphatic carbocycles. The Hall–Kier alpha value is -1.47. The molecular formula is C12H18N2O4. The summed E-state index contributed by atoms with van der Waals surface area (Å²) in [5, 5.41) is 29.7. The lowest BCUT2D eigenvalue weighted by Crippen LogP contribution is -2.58. The highest BCUT2D eigenvalue weighted by atomic mass is 16.3. The molecule has 6 nitrogen and oxygen atoms in total. The van der Waals surface area contributed by atoms with Crippen molar-refractivity contribution in [3.63, 3.8) is 0 Å². The number of nitrogens with one attached hydrogen (secondary N) is 1. The zero-order chi connectivity index (χ0) is 13.6. The molecule has 0 spiro atoms. The lowest BCUT2D eigenvalue weighted by molar-refractivity contribution is -0.126. The van der Waals surface area contributed by atoms with E-state index < -0.39 is 37.3 Å². The number of nitrogens with two attached hydrogens (primary N) is 1. The third-order valence-corrected chi connectivity index (χ3v) is 2.74. The molecule has 0 bridgehead atoms. The SMILES string of the molecule is N[C@H](C(=O)NC(CO)(CO)CO)c1ccccc1. The second-order valence-corrected chi connectivity index (χ2v) is 4.13. The molecule has 0 aliphatic rings. The third-order valence-electron chi connectivity index (χ3n) is 2.74. The second kappa shape index (κ2) is 6.46. The molecule has 1 amide bonds. The Balaban J connectivity index is 2.76. The molecule has 0 heterocycles. The van der Waals surface area contributed by atoms with Gasteiger partial charge in [0, 0.05) is 0 Å². The highest BCUT2D eigenvalue weighted by Gasteiger charge is 2.31. The van der Waals surface area contributed by atoms with E-state index in [1.807, 2.05) is 0 Å². The molecule has 100 valence electrons. The average molecular weight is 254 g/mol. The Morgan fingerprint density at radius 1 is 1.17 bits per heavy atom. The predicted octanol–water partition coefficient (Wildman–Crippen LogP) is -1.48. The summed E-state index contributed by atoms with van der Waals surface area (Å²) >= 11 is 0. The van der Waals surface area contributed by atoms with E-state index in [-0.39, 0.29) is 0 Å². The second-order valence-electron chi connectivity index (χ2n) is 4.13. The highest BCUT2D eigenvalue weighted by molar-refractivity contribution is 5.83. The molecule has 1 aromatic rings. The van der Waals surface area contributed by atoms with Crippen LogP contribution in [0.5, 0.6) is 0 Å². The lowest BCUT2D eigenvalue weighted by Gasteiger charge is -2.30. The summed E-state index contributed by atoms with van der Waals surface area (Å²) in [6.07, 6.45) is 0. The van der Waals surface area contributed by atoms with Crippen LogP contribution in [-0.4, -0.2) is 46.6 Å². The monoisotopic (exact) mass is 254 g/mol. The zero-order valence-corrected chi connectivity index (χ0v) is 9.91. The van der Waals surface area contributed by atoms with Crippen molar-refractivity contribution in [3.8, 4) is 0 Å². The largest absolute Gasteiger partial charge is 0.394 e. The molecule has 0 radical (unpaired) electrons. The summed E-state index contributed by atoms with van der Waals surface area (Å²) in [4.78, 5) is 11.9. The minimum absolute atomic E-state index is 0.571. The van der Waals surface area contributed by atoms with Gasteiger partial charge in [0.15, 0.2) is 0 Å². The lowest BCUT2D eigenvalue weighted by atomic mass is 10.0. The van der Waals surface area contributed by atoms with Crippen LogP contribution in [0, 0.1) is 0 Å². The number of carbonyl (C=O) groups excluding carboxylic acids is 1. The van der Waals surface area contributed by atoms with Crippen LogP contribution in [0.3, 0.4) is 0 Å². The van der Waals surface area contributed by atoms with Gasteiger partial charge in [-0.2, -0.15) is 0 Å². The number of carbonyl (C=O) groups is 1. The van der Waals surface area contributed by atoms with Gasteiger partial charge in [0.05, 0.1) is 19.8 Å². The Kier molecular flexibility index (Phi) is 5.24. The summed E-state index contributed by atoms with van der Waals surface area (Å²) in [7, 11) is 0. The standard InChI is InChI=1S/C12H18N2O4/c13-10(9-4-2-1-3-5-9)11(18)14-12(6-15,7-16)8-17/h1-5,10,15-17H,6-8,13H2,(H,14,18)/t10-/m0/s1. The molecule has 0 aliphatic heterocycles. The van der Waals surface area contributed by atoms with Crippen molar-refractivity contribution in [3.05, 3.63) is 35.9 Å². The fraction of sp³-hybridized carbons (Fsp3) is 0.417. The van der Waals surface area contributed by atoms with Crippen LogP contribution in [0.25, 0.3) is 0 Å². The van der Waals surface area contributed by atoms with Gasteiger partial charge in [-0.05, 0) is 5.56 Å². The predicted molar refractivity (Wildman–Crippen MR) is 65.5 cm³/mol. The quantitative estimate of drug-likeness (QED) is 0.424. The molecule has 6 heteroatoms. The van der Waals surface area contributed by atoms with Crippen LogP contribution >= 0.6 is 0 Å². The minimum Gasteiger partial charge on any atom is -0.394 e. The van der Waals surface area contributed by atoms with Crippen LogP contribution in [0.4, 0.5) is 0 Å². The van der Waals surface area contributed by atoms with E-state index in [2.05, 4.69) is 5.32 Å². The van der Waals surface area contributed by atoms with Crippen molar-refractivity contribution in [2.24, 2.45) is 5.73 Å². The number of rotatable bonds is 6. The van der Waals surface area contributed by atoms with Gasteiger partial charge in [0.1, 0.15) is 11.6 Å². The zero-order valence-electron chi connectivity index (χ0n) is 9.91. The average Bonchev–Trinajstić information content (AvgIpc) is 2.45. The maximum Gasteiger partial charge on any atom is 0.242 e. The molecular weight excluding hydrogens is 236 g/mol. The first-order valence-electron chi connectivity index (χ1n) is 5.53. The number of aliphatic hydroxyl groups is 3. The van der Waals surface area contributed by atoms with Crippen molar-refractivity contribution in [2.75, 3.05) is 19.8 Å². The number of amides is 1. The van der Waals surface area contributed by atoms with Gasteiger partial charge in [-0.15, -0.1) is 0 Å². The fourth-order valence-electron chi connectivity index (χ4n) is 1.42. The third kappa shape index (κ3) is 3.27. The molecule has 0 saturated carbocycles. The number of hydrogen-bond donors (Lipinski definition) is 5. The molecule has 0 fully saturated rings. The molecule has 1 rings (SSSR count). The van der Waals surface area contributed by atoms with Crippen molar-refractivity contribution >= 4 is 5.91 Å². The van der Waals surface area contributed by atoms with Crippen LogP contribution in [0.15, 0.2) is 30.3 Å². The first-order valence-corrected chi connectivity index (χ1v) is 5.53. The molecule has 0 unspecified atom stereocenters. The van der Waals surface area contributed by atoms with Gasteiger partial charge in [0.25, 0.3) is 0 Å². The van der Waals surface area contributed by atoms with Gasteiger partial charge in [-0.1, -0.05) is 30.3 Å². The molecule has 1 atom stereocenters. The molecule has 18 heavy (non-hydrogen) atoms. The first kappa shape index (κ1) is 14.6. The van der Waals surface area contributed by atoms with Crippen LogP contribution in [0.2, 0.25) is 0 Å². The Bertz CT molecular complexity index is 371. The van der Waals surface area contributed by atoms with E-state index in [0.717, 1.165) is 0 Å². The number of hydrogen-bond acceptors (Lipinski definition) is 5. The molecule has 6 N–H and O–H groups in total. The van der Waals surface area contributed by atoms with Crippen molar-refractivity contribution < 1.29 is 20.1 Å². The van der Waals surface area contributed by atoms with Gasteiger partial charge in [-0.25, -0.2) is 0 Å². The summed E-state index contributed by atoms with van der Waals surface area (Å²) in [6, 6.07) is 7.77. The summed E-state index contributed by atoms with van der Waals surface area (Å²) in [5.41, 5.74) is 4.91. The summed E-state index contributed by atoms with van der Waals surface area (Å²) in [5.74, 6) is -0.571. The summed E-state index contributed by atoms with van der Waals surface area (Å²) in [6.45, 7) is -1.73. The summed E-state index contributed by atoms with van der Waals surface area (Å²) < 4.78 is 0. The van der Waals surface area contributed by atoms with Gasteiger partial charge in [-0.3, -0.25) is 4.79 Å². The van der Waals surface area contributed by atoms with E-state index >= 15 is 0 Å². The van der Waals surface area contributed by atoms with Gasteiger partial charge >= 0.3 is 0 Å².